The predicted octanol–water partition coefficient (Wildman–Crippen LogP) is 5.25. The molecule has 0 saturated carbocycles. The van der Waals surface area contributed by atoms with E-state index in [1.807, 2.05) is 0 Å². The van der Waals surface area contributed by atoms with E-state index in [-0.39, 0.29) is 0 Å². The molecule has 1 N–H and O–H groups in total. The van der Waals surface area contributed by atoms with Crippen LogP contribution in [-0.4, -0.2) is 11.5 Å². The van der Waals surface area contributed by atoms with Gasteiger partial charge in [-0.3, -0.25) is 4.98 Å². The minimum Gasteiger partial charge on any atom is -0.384 e. The second-order valence-electron chi connectivity index (χ2n) is 5.26. The van der Waals surface area contributed by atoms with Crippen molar-refractivity contribution < 1.29 is 0 Å². The molecule has 1 aromatic heterocycles. The molecule has 2 nitrogen and oxygen atoms in total. The van der Waals surface area contributed by atoms with Crippen LogP contribution in [0.3, 0.4) is 0 Å². The molecule has 0 spiro atoms. The highest BCUT2D eigenvalue weighted by Gasteiger charge is 2.12. The molecule has 2 aromatic rings. The van der Waals surface area contributed by atoms with Gasteiger partial charge < -0.3 is 5.32 Å². The molecule has 1 heterocycles. The summed E-state index contributed by atoms with van der Waals surface area (Å²) in [7, 11) is 0. The zero-order chi connectivity index (χ0) is 14.0. The highest BCUT2D eigenvalue weighted by molar-refractivity contribution is 9.10. The molecular formula is C16H21BrN2. The molecule has 0 saturated heterocycles. The summed E-state index contributed by atoms with van der Waals surface area (Å²) >= 11 is 3.66. The first-order valence-corrected chi connectivity index (χ1v) is 7.67. The largest absolute Gasteiger partial charge is 0.384 e. The third-order valence-corrected chi connectivity index (χ3v) is 3.95. The van der Waals surface area contributed by atoms with Gasteiger partial charge in [0.1, 0.15) is 0 Å². The van der Waals surface area contributed by atoms with Gasteiger partial charge in [0.05, 0.1) is 5.52 Å². The molecule has 0 unspecified atom stereocenters. The third-order valence-electron chi connectivity index (χ3n) is 3.29. The SMILES string of the molecule is CCCNc1cc(C(C)C)nc2c(C)ccc(Br)c12. The van der Waals surface area contributed by atoms with Gasteiger partial charge in [0, 0.05) is 27.8 Å². The van der Waals surface area contributed by atoms with E-state index in [2.05, 4.69) is 67.1 Å². The molecular weight excluding hydrogens is 300 g/mol. The van der Waals surface area contributed by atoms with Gasteiger partial charge in [-0.2, -0.15) is 0 Å². The Kier molecular flexibility index (Phi) is 4.46. The van der Waals surface area contributed by atoms with Crippen molar-refractivity contribution in [1.82, 2.24) is 4.98 Å². The molecule has 0 bridgehead atoms. The number of rotatable bonds is 4. The van der Waals surface area contributed by atoms with Crippen molar-refractivity contribution in [3.05, 3.63) is 33.9 Å². The summed E-state index contributed by atoms with van der Waals surface area (Å²) < 4.78 is 1.11. The second-order valence-corrected chi connectivity index (χ2v) is 6.12. The number of fused-ring (bicyclic) bond motifs is 1. The smallest absolute Gasteiger partial charge is 0.0766 e. The number of benzene rings is 1. The fraction of sp³-hybridized carbons (Fsp3) is 0.438. The van der Waals surface area contributed by atoms with E-state index in [0.717, 1.165) is 28.6 Å². The molecule has 0 atom stereocenters. The van der Waals surface area contributed by atoms with E-state index < -0.39 is 0 Å². The Bertz CT molecular complexity index is 591. The number of halogens is 1. The number of anilines is 1. The van der Waals surface area contributed by atoms with Crippen LogP contribution in [0.2, 0.25) is 0 Å². The number of nitrogens with one attached hydrogen (secondary N) is 1. The molecule has 0 fully saturated rings. The summed E-state index contributed by atoms with van der Waals surface area (Å²) in [6.07, 6.45) is 1.12. The van der Waals surface area contributed by atoms with Crippen LogP contribution >= 0.6 is 15.9 Å². The van der Waals surface area contributed by atoms with Crippen LogP contribution in [0.5, 0.6) is 0 Å². The van der Waals surface area contributed by atoms with Crippen molar-refractivity contribution in [1.29, 1.82) is 0 Å². The van der Waals surface area contributed by atoms with Gasteiger partial charge in [-0.25, -0.2) is 0 Å². The molecule has 0 aliphatic carbocycles. The zero-order valence-electron chi connectivity index (χ0n) is 12.0. The van der Waals surface area contributed by atoms with Gasteiger partial charge in [0.2, 0.25) is 0 Å². The predicted molar refractivity (Wildman–Crippen MR) is 87.0 cm³/mol. The molecule has 102 valence electrons. The van der Waals surface area contributed by atoms with Gasteiger partial charge in [0.25, 0.3) is 0 Å². The Balaban J connectivity index is 2.70. The number of hydrogen-bond acceptors (Lipinski definition) is 2. The van der Waals surface area contributed by atoms with Crippen LogP contribution in [0.4, 0.5) is 5.69 Å². The van der Waals surface area contributed by atoms with Crippen molar-refractivity contribution in [3.8, 4) is 0 Å². The lowest BCUT2D eigenvalue weighted by atomic mass is 10.0. The van der Waals surface area contributed by atoms with Crippen LogP contribution in [0.25, 0.3) is 10.9 Å². The molecule has 2 rings (SSSR count). The summed E-state index contributed by atoms with van der Waals surface area (Å²) in [5, 5.41) is 4.72. The zero-order valence-corrected chi connectivity index (χ0v) is 13.6. The summed E-state index contributed by atoms with van der Waals surface area (Å²) in [5.74, 6) is 0.435. The minimum absolute atomic E-state index is 0.435. The average molecular weight is 321 g/mol. The van der Waals surface area contributed by atoms with Crippen molar-refractivity contribution >= 4 is 32.5 Å². The van der Waals surface area contributed by atoms with Crippen LogP contribution in [0, 0.1) is 6.92 Å². The lowest BCUT2D eigenvalue weighted by Crippen LogP contribution is -2.04. The van der Waals surface area contributed by atoms with Crippen LogP contribution in [0.1, 0.15) is 44.4 Å². The lowest BCUT2D eigenvalue weighted by molar-refractivity contribution is 0.829. The minimum atomic E-state index is 0.435. The number of aryl methyl sites for hydroxylation is 1. The second kappa shape index (κ2) is 5.91. The van der Waals surface area contributed by atoms with E-state index in [0.29, 0.717) is 5.92 Å². The van der Waals surface area contributed by atoms with Crippen LogP contribution < -0.4 is 5.32 Å². The van der Waals surface area contributed by atoms with Crippen molar-refractivity contribution in [3.63, 3.8) is 0 Å². The van der Waals surface area contributed by atoms with Gasteiger partial charge in [-0.15, -0.1) is 0 Å². The van der Waals surface area contributed by atoms with Crippen molar-refractivity contribution in [2.45, 2.75) is 40.0 Å². The monoisotopic (exact) mass is 320 g/mol. The number of hydrogen-bond donors (Lipinski definition) is 1. The third kappa shape index (κ3) is 2.92. The summed E-state index contributed by atoms with van der Waals surface area (Å²) in [5.41, 5.74) is 4.65. The maximum atomic E-state index is 4.83. The Morgan fingerprint density at radius 3 is 2.68 bits per heavy atom. The van der Waals surface area contributed by atoms with Crippen LogP contribution in [-0.2, 0) is 0 Å². The molecule has 3 heteroatoms. The lowest BCUT2D eigenvalue weighted by Gasteiger charge is -2.15. The highest BCUT2D eigenvalue weighted by Crippen LogP contribution is 2.33. The Morgan fingerprint density at radius 1 is 1.32 bits per heavy atom. The molecule has 0 radical (unpaired) electrons. The topological polar surface area (TPSA) is 24.9 Å². The molecule has 19 heavy (non-hydrogen) atoms. The first-order chi connectivity index (χ1) is 9.04. The Hall–Kier alpha value is -1.09. The molecule has 0 amide bonds. The standard InChI is InChI=1S/C16H21BrN2/c1-5-8-18-14-9-13(10(2)3)19-16-11(4)6-7-12(17)15(14)16/h6-7,9-10H,5,8H2,1-4H3,(H,18,19). The molecule has 0 aliphatic rings. The van der Waals surface area contributed by atoms with Gasteiger partial charge in [-0.1, -0.05) is 42.8 Å². The van der Waals surface area contributed by atoms with Crippen LogP contribution in [0.15, 0.2) is 22.7 Å². The number of pyridine rings is 1. The van der Waals surface area contributed by atoms with E-state index in [1.165, 1.54) is 16.6 Å². The first-order valence-electron chi connectivity index (χ1n) is 6.88. The van der Waals surface area contributed by atoms with E-state index in [1.54, 1.807) is 0 Å². The molecule has 0 aliphatic heterocycles. The Morgan fingerprint density at radius 2 is 2.05 bits per heavy atom. The summed E-state index contributed by atoms with van der Waals surface area (Å²) in [6, 6.07) is 6.41. The fourth-order valence-electron chi connectivity index (χ4n) is 2.15. The van der Waals surface area contributed by atoms with Crippen molar-refractivity contribution in [2.75, 3.05) is 11.9 Å². The van der Waals surface area contributed by atoms with E-state index >= 15 is 0 Å². The summed E-state index contributed by atoms with van der Waals surface area (Å²) in [6.45, 7) is 9.66. The number of aromatic nitrogens is 1. The normalized spacial score (nSPS) is 11.3. The van der Waals surface area contributed by atoms with Gasteiger partial charge >= 0.3 is 0 Å². The Labute approximate surface area is 123 Å². The quantitative estimate of drug-likeness (QED) is 0.832. The first kappa shape index (κ1) is 14.3. The maximum Gasteiger partial charge on any atom is 0.0766 e. The van der Waals surface area contributed by atoms with E-state index in [9.17, 15) is 0 Å². The van der Waals surface area contributed by atoms with Gasteiger partial charge in [-0.05, 0) is 37.0 Å². The molecule has 1 aromatic carbocycles. The highest BCUT2D eigenvalue weighted by atomic mass is 79.9. The summed E-state index contributed by atoms with van der Waals surface area (Å²) in [4.78, 5) is 4.83. The van der Waals surface area contributed by atoms with E-state index in [4.69, 9.17) is 4.98 Å². The fourth-order valence-corrected chi connectivity index (χ4v) is 2.68. The average Bonchev–Trinajstić information content (AvgIpc) is 2.39. The number of nitrogens with zero attached hydrogens (tertiary/aromatic N) is 1. The van der Waals surface area contributed by atoms with Crippen molar-refractivity contribution in [2.24, 2.45) is 0 Å². The van der Waals surface area contributed by atoms with Gasteiger partial charge in [0.15, 0.2) is 0 Å². The maximum absolute atomic E-state index is 4.83.